The highest BCUT2D eigenvalue weighted by molar-refractivity contribution is 7.98. The van der Waals surface area contributed by atoms with Crippen molar-refractivity contribution in [1.29, 1.82) is 0 Å². The Morgan fingerprint density at radius 3 is 2.40 bits per heavy atom. The molecule has 43 heavy (non-hydrogen) atoms. The number of amides is 1. The van der Waals surface area contributed by atoms with Gasteiger partial charge in [-0.1, -0.05) is 66.4 Å². The minimum absolute atomic E-state index is 0.250. The third kappa shape index (κ3) is 6.67. The number of hydrogen-bond acceptors (Lipinski definition) is 8. The smallest absolute Gasteiger partial charge is 0.410 e. The highest BCUT2D eigenvalue weighted by atomic mass is 32.2. The number of ether oxygens (including phenoxy) is 2. The van der Waals surface area contributed by atoms with Crippen molar-refractivity contribution < 1.29 is 14.3 Å². The zero-order valence-electron chi connectivity index (χ0n) is 25.4. The molecule has 9 heteroatoms. The maximum atomic E-state index is 12.6. The van der Waals surface area contributed by atoms with Crippen molar-refractivity contribution in [1.82, 2.24) is 14.9 Å². The second-order valence-electron chi connectivity index (χ2n) is 12.0. The summed E-state index contributed by atoms with van der Waals surface area (Å²) < 4.78 is 11.9. The molecule has 2 aliphatic rings. The number of carbonyl (C=O) groups is 1. The summed E-state index contributed by atoms with van der Waals surface area (Å²) in [5.41, 5.74) is 4.07. The van der Waals surface area contributed by atoms with Gasteiger partial charge in [0.05, 0.1) is 12.2 Å². The second kappa shape index (κ2) is 12.3. The molecule has 1 aromatic heterocycles. The fourth-order valence-corrected chi connectivity index (χ4v) is 6.10. The Hall–Kier alpha value is -3.98. The van der Waals surface area contributed by atoms with Gasteiger partial charge in [0, 0.05) is 55.4 Å². The molecule has 2 aliphatic heterocycles. The van der Waals surface area contributed by atoms with Crippen molar-refractivity contribution in [3.63, 3.8) is 0 Å². The molecule has 3 aromatic carbocycles. The fraction of sp³-hybridized carbons (Fsp3) is 0.382. The van der Waals surface area contributed by atoms with Gasteiger partial charge in [0.1, 0.15) is 23.8 Å². The van der Waals surface area contributed by atoms with Crippen LogP contribution >= 0.6 is 11.8 Å². The molecule has 8 nitrogen and oxygen atoms in total. The molecule has 0 N–H and O–H groups in total. The van der Waals surface area contributed by atoms with Crippen LogP contribution in [0.1, 0.15) is 37.6 Å². The van der Waals surface area contributed by atoms with Crippen LogP contribution in [0, 0.1) is 0 Å². The average Bonchev–Trinajstić information content (AvgIpc) is 3.02. The first kappa shape index (κ1) is 29.1. The topological polar surface area (TPSA) is 71.0 Å². The number of carbonyl (C=O) groups excluding carboxylic acids is 1. The highest BCUT2D eigenvalue weighted by Crippen LogP contribution is 2.37. The molecule has 0 unspecified atom stereocenters. The Kier molecular flexibility index (Phi) is 8.34. The molecule has 0 radical (unpaired) electrons. The van der Waals surface area contributed by atoms with Gasteiger partial charge in [-0.25, -0.2) is 14.8 Å². The maximum Gasteiger partial charge on any atom is 0.410 e. The summed E-state index contributed by atoms with van der Waals surface area (Å²) in [5, 5.41) is 3.13. The van der Waals surface area contributed by atoms with Crippen molar-refractivity contribution >= 4 is 40.1 Å². The molecule has 0 aliphatic carbocycles. The predicted molar refractivity (Wildman–Crippen MR) is 173 cm³/mol. The van der Waals surface area contributed by atoms with E-state index >= 15 is 0 Å². The third-order valence-corrected chi connectivity index (χ3v) is 8.39. The molecule has 1 fully saturated rings. The molecular formula is C34H39N5O3S. The van der Waals surface area contributed by atoms with E-state index in [1.807, 2.05) is 45.2 Å². The summed E-state index contributed by atoms with van der Waals surface area (Å²) in [4.78, 5) is 29.1. The Morgan fingerprint density at radius 1 is 0.907 bits per heavy atom. The van der Waals surface area contributed by atoms with Gasteiger partial charge in [0.15, 0.2) is 5.16 Å². The first-order chi connectivity index (χ1) is 20.8. The summed E-state index contributed by atoms with van der Waals surface area (Å²) in [7, 11) is 0. The fourth-order valence-electron chi connectivity index (χ4n) is 5.72. The lowest BCUT2D eigenvalue weighted by molar-refractivity contribution is 0.0240. The molecule has 0 bridgehead atoms. The normalized spacial score (nSPS) is 15.4. The van der Waals surface area contributed by atoms with Gasteiger partial charge in [0.25, 0.3) is 0 Å². The van der Waals surface area contributed by atoms with E-state index in [4.69, 9.17) is 19.4 Å². The van der Waals surface area contributed by atoms with Crippen LogP contribution in [0.2, 0.25) is 0 Å². The molecule has 0 atom stereocenters. The van der Waals surface area contributed by atoms with Crippen molar-refractivity contribution in [2.75, 3.05) is 48.8 Å². The lowest BCUT2D eigenvalue weighted by atomic mass is 10.0. The zero-order valence-corrected chi connectivity index (χ0v) is 26.2. The molecule has 224 valence electrons. The van der Waals surface area contributed by atoms with E-state index in [1.165, 1.54) is 10.9 Å². The molecule has 3 heterocycles. The van der Waals surface area contributed by atoms with E-state index in [0.717, 1.165) is 52.0 Å². The molecule has 6 rings (SSSR count). The third-order valence-electron chi connectivity index (χ3n) is 7.84. The Labute approximate surface area is 258 Å². The monoisotopic (exact) mass is 597 g/mol. The zero-order chi connectivity index (χ0) is 30.0. The van der Waals surface area contributed by atoms with Crippen molar-refractivity contribution in [2.45, 2.75) is 51.1 Å². The number of thioether (sulfide) groups is 1. The maximum absolute atomic E-state index is 12.6. The number of piperazine rings is 1. The Bertz CT molecular complexity index is 1600. The Morgan fingerprint density at radius 2 is 1.65 bits per heavy atom. The quantitative estimate of drug-likeness (QED) is 0.183. The number of rotatable bonds is 6. The molecular weight excluding hydrogens is 558 g/mol. The van der Waals surface area contributed by atoms with Crippen LogP contribution in [0.3, 0.4) is 0 Å². The summed E-state index contributed by atoms with van der Waals surface area (Å²) in [6, 6.07) is 23.1. The number of aromatic nitrogens is 2. The summed E-state index contributed by atoms with van der Waals surface area (Å²) in [5.74, 6) is 1.86. The van der Waals surface area contributed by atoms with Gasteiger partial charge in [-0.3, -0.25) is 0 Å². The second-order valence-corrected chi connectivity index (χ2v) is 12.8. The summed E-state index contributed by atoms with van der Waals surface area (Å²) in [6.07, 6.45) is 2.61. The van der Waals surface area contributed by atoms with Gasteiger partial charge in [-0.2, -0.15) is 0 Å². The number of fused-ring (bicyclic) bond motifs is 2. The largest absolute Gasteiger partial charge is 0.489 e. The summed E-state index contributed by atoms with van der Waals surface area (Å²) >= 11 is 1.57. The van der Waals surface area contributed by atoms with Crippen LogP contribution in [0.15, 0.2) is 71.9 Å². The SMILES string of the molecule is CSc1nc2c(c(N3CCN(C(=O)OC(C)(C)C)CC3)n1)CCN(c1cc(OCc3ccccc3)cc3ccccc13)C2. The number of benzene rings is 3. The number of hydrogen-bond donors (Lipinski definition) is 0. The average molecular weight is 598 g/mol. The van der Waals surface area contributed by atoms with E-state index in [-0.39, 0.29) is 6.09 Å². The number of anilines is 2. The van der Waals surface area contributed by atoms with Gasteiger partial charge >= 0.3 is 6.09 Å². The minimum Gasteiger partial charge on any atom is -0.489 e. The van der Waals surface area contributed by atoms with Crippen LogP contribution in [0.4, 0.5) is 16.3 Å². The van der Waals surface area contributed by atoms with Crippen molar-refractivity contribution in [2.24, 2.45) is 0 Å². The van der Waals surface area contributed by atoms with Gasteiger partial charge < -0.3 is 24.2 Å². The van der Waals surface area contributed by atoms with E-state index in [2.05, 4.69) is 58.3 Å². The van der Waals surface area contributed by atoms with E-state index in [9.17, 15) is 4.79 Å². The lowest BCUT2D eigenvalue weighted by Gasteiger charge is -2.38. The van der Waals surface area contributed by atoms with Crippen LogP contribution < -0.4 is 14.5 Å². The van der Waals surface area contributed by atoms with Crippen LogP contribution in [0.25, 0.3) is 10.8 Å². The molecule has 4 aromatic rings. The minimum atomic E-state index is -0.502. The van der Waals surface area contributed by atoms with E-state index < -0.39 is 5.60 Å². The van der Waals surface area contributed by atoms with Gasteiger partial charge in [-0.05, 0) is 50.5 Å². The lowest BCUT2D eigenvalue weighted by Crippen LogP contribution is -2.50. The van der Waals surface area contributed by atoms with Gasteiger partial charge in [-0.15, -0.1) is 0 Å². The predicted octanol–water partition coefficient (Wildman–Crippen LogP) is 6.55. The van der Waals surface area contributed by atoms with E-state index in [0.29, 0.717) is 39.3 Å². The van der Waals surface area contributed by atoms with Crippen molar-refractivity contribution in [3.05, 3.63) is 83.6 Å². The molecule has 1 saturated heterocycles. The molecule has 0 spiro atoms. The number of nitrogens with zero attached hydrogens (tertiary/aromatic N) is 5. The first-order valence-corrected chi connectivity index (χ1v) is 16.1. The van der Waals surface area contributed by atoms with E-state index in [1.54, 1.807) is 16.7 Å². The Balaban J connectivity index is 1.24. The standard InChI is InChI=1S/C34H39N5O3S/c1-34(2,3)42-33(40)38-18-16-37(17-19-38)31-28-14-15-39(22-29(28)35-32(36-31)43-4)30-21-26(20-25-12-8-9-13-27(25)30)41-23-24-10-6-5-7-11-24/h5-13,20-21H,14-19,22-23H2,1-4H3. The highest BCUT2D eigenvalue weighted by Gasteiger charge is 2.30. The van der Waals surface area contributed by atoms with Crippen LogP contribution in [-0.2, 0) is 24.3 Å². The van der Waals surface area contributed by atoms with Crippen molar-refractivity contribution in [3.8, 4) is 5.75 Å². The molecule has 1 amide bonds. The summed E-state index contributed by atoms with van der Waals surface area (Å²) in [6.45, 7) is 10.4. The van der Waals surface area contributed by atoms with Crippen LogP contribution in [-0.4, -0.2) is 65.5 Å². The van der Waals surface area contributed by atoms with Gasteiger partial charge in [0.2, 0.25) is 0 Å². The van der Waals surface area contributed by atoms with Crippen LogP contribution in [0.5, 0.6) is 5.75 Å². The molecule has 0 saturated carbocycles. The first-order valence-electron chi connectivity index (χ1n) is 14.9.